The zero-order chi connectivity index (χ0) is 12.7. The lowest BCUT2D eigenvalue weighted by Gasteiger charge is -2.24. The Morgan fingerprint density at radius 1 is 1.33 bits per heavy atom. The number of benzene rings is 1. The van der Waals surface area contributed by atoms with E-state index in [1.54, 1.807) is 0 Å². The predicted molar refractivity (Wildman–Crippen MR) is 77.7 cm³/mol. The molecule has 0 saturated heterocycles. The fourth-order valence-corrected chi connectivity index (χ4v) is 4.65. The first kappa shape index (κ1) is 13.0. The van der Waals surface area contributed by atoms with Gasteiger partial charge >= 0.3 is 0 Å². The highest BCUT2D eigenvalue weighted by atomic mass is 79.9. The number of halogens is 2. The molecule has 2 saturated carbocycles. The van der Waals surface area contributed by atoms with Gasteiger partial charge in [0.25, 0.3) is 0 Å². The van der Waals surface area contributed by atoms with Gasteiger partial charge in [0.1, 0.15) is 0 Å². The van der Waals surface area contributed by atoms with Crippen LogP contribution in [0.3, 0.4) is 0 Å². The molecule has 4 atom stereocenters. The number of hydrogen-bond acceptors (Lipinski definition) is 1. The minimum atomic E-state index is -0.407. The number of aliphatic hydroxyl groups excluding tert-OH is 1. The molecule has 0 aliphatic heterocycles. The fourth-order valence-electron chi connectivity index (χ4n) is 3.85. The van der Waals surface area contributed by atoms with E-state index >= 15 is 0 Å². The summed E-state index contributed by atoms with van der Waals surface area (Å²) in [6.45, 7) is 0. The Morgan fingerprint density at radius 2 is 2.17 bits per heavy atom. The van der Waals surface area contributed by atoms with Gasteiger partial charge in [-0.15, -0.1) is 0 Å². The summed E-state index contributed by atoms with van der Waals surface area (Å²) in [4.78, 5) is 0. The summed E-state index contributed by atoms with van der Waals surface area (Å²) < 4.78 is 0.961. The fraction of sp³-hybridized carbons (Fsp3) is 0.600. The molecule has 18 heavy (non-hydrogen) atoms. The molecule has 3 rings (SSSR count). The molecule has 0 radical (unpaired) electrons. The van der Waals surface area contributed by atoms with Crippen molar-refractivity contribution in [3.05, 3.63) is 33.3 Å². The second-order valence-electron chi connectivity index (χ2n) is 5.85. The smallest absolute Gasteiger partial charge is 0.0807 e. The van der Waals surface area contributed by atoms with Crippen LogP contribution < -0.4 is 0 Å². The number of fused-ring (bicyclic) bond motifs is 2. The first-order chi connectivity index (χ1) is 8.63. The molecule has 0 amide bonds. The first-order valence-electron chi connectivity index (χ1n) is 6.76. The van der Waals surface area contributed by atoms with E-state index in [2.05, 4.69) is 15.9 Å². The van der Waals surface area contributed by atoms with Crippen LogP contribution in [-0.4, -0.2) is 5.11 Å². The van der Waals surface area contributed by atoms with Crippen LogP contribution in [0.5, 0.6) is 0 Å². The van der Waals surface area contributed by atoms with Gasteiger partial charge in [0.2, 0.25) is 0 Å². The lowest BCUT2D eigenvalue weighted by Crippen LogP contribution is -2.14. The Hall–Kier alpha value is -0.0500. The SMILES string of the molecule is OC(CC1CC2CCC1C2)c1ccc(Br)cc1Cl. The average Bonchev–Trinajstić information content (AvgIpc) is 2.90. The van der Waals surface area contributed by atoms with E-state index in [0.717, 1.165) is 28.3 Å². The van der Waals surface area contributed by atoms with Gasteiger partial charge in [0.05, 0.1) is 6.10 Å². The van der Waals surface area contributed by atoms with Gasteiger partial charge in [0, 0.05) is 9.50 Å². The molecule has 3 heteroatoms. The van der Waals surface area contributed by atoms with Crippen molar-refractivity contribution >= 4 is 27.5 Å². The van der Waals surface area contributed by atoms with Crippen LogP contribution in [-0.2, 0) is 0 Å². The predicted octanol–water partition coefficient (Wildman–Crippen LogP) is 4.96. The van der Waals surface area contributed by atoms with Gasteiger partial charge < -0.3 is 5.11 Å². The van der Waals surface area contributed by atoms with E-state index in [1.165, 1.54) is 25.7 Å². The Balaban J connectivity index is 1.69. The third-order valence-corrected chi connectivity index (χ3v) is 5.55. The van der Waals surface area contributed by atoms with Gasteiger partial charge in [0.15, 0.2) is 0 Å². The van der Waals surface area contributed by atoms with E-state index in [0.29, 0.717) is 10.9 Å². The molecule has 2 bridgehead atoms. The van der Waals surface area contributed by atoms with E-state index < -0.39 is 6.10 Å². The summed E-state index contributed by atoms with van der Waals surface area (Å²) in [7, 11) is 0. The zero-order valence-corrected chi connectivity index (χ0v) is 12.6. The van der Waals surface area contributed by atoms with Crippen LogP contribution in [0.1, 0.15) is 43.8 Å². The van der Waals surface area contributed by atoms with Crippen LogP contribution in [0.25, 0.3) is 0 Å². The van der Waals surface area contributed by atoms with Crippen molar-refractivity contribution in [3.8, 4) is 0 Å². The van der Waals surface area contributed by atoms with Crippen molar-refractivity contribution in [1.29, 1.82) is 0 Å². The topological polar surface area (TPSA) is 20.2 Å². The molecule has 0 heterocycles. The summed E-state index contributed by atoms with van der Waals surface area (Å²) in [6, 6.07) is 5.75. The minimum absolute atomic E-state index is 0.407. The lowest BCUT2D eigenvalue weighted by atomic mass is 9.83. The lowest BCUT2D eigenvalue weighted by molar-refractivity contribution is 0.125. The second-order valence-corrected chi connectivity index (χ2v) is 7.18. The molecule has 1 N–H and O–H groups in total. The molecule has 1 nitrogen and oxygen atoms in total. The molecule has 0 spiro atoms. The van der Waals surface area contributed by atoms with Gasteiger partial charge in [-0.05, 0) is 61.1 Å². The van der Waals surface area contributed by atoms with E-state index in [-0.39, 0.29) is 0 Å². The molecular weight excluding hydrogens is 312 g/mol. The van der Waals surface area contributed by atoms with Gasteiger partial charge in [-0.3, -0.25) is 0 Å². The van der Waals surface area contributed by atoms with E-state index in [9.17, 15) is 5.11 Å². The minimum Gasteiger partial charge on any atom is -0.388 e. The van der Waals surface area contributed by atoms with Gasteiger partial charge in [-0.25, -0.2) is 0 Å². The van der Waals surface area contributed by atoms with Crippen LogP contribution >= 0.6 is 27.5 Å². The Kier molecular flexibility index (Phi) is 3.70. The Labute approximate surface area is 122 Å². The van der Waals surface area contributed by atoms with E-state index in [1.807, 2.05) is 18.2 Å². The molecule has 0 aromatic heterocycles. The summed E-state index contributed by atoms with van der Waals surface area (Å²) in [5, 5.41) is 11.0. The van der Waals surface area contributed by atoms with Crippen molar-refractivity contribution < 1.29 is 5.11 Å². The Bertz CT molecular complexity index is 448. The largest absolute Gasteiger partial charge is 0.388 e. The average molecular weight is 330 g/mol. The van der Waals surface area contributed by atoms with Crippen molar-refractivity contribution in [3.63, 3.8) is 0 Å². The zero-order valence-electron chi connectivity index (χ0n) is 10.3. The Morgan fingerprint density at radius 3 is 2.78 bits per heavy atom. The van der Waals surface area contributed by atoms with Crippen LogP contribution in [0.15, 0.2) is 22.7 Å². The molecule has 98 valence electrons. The molecule has 1 aromatic rings. The van der Waals surface area contributed by atoms with Crippen LogP contribution in [0, 0.1) is 17.8 Å². The van der Waals surface area contributed by atoms with Crippen molar-refractivity contribution in [2.45, 2.75) is 38.2 Å². The molecule has 4 unspecified atom stereocenters. The van der Waals surface area contributed by atoms with Crippen LogP contribution in [0.4, 0.5) is 0 Å². The quantitative estimate of drug-likeness (QED) is 0.830. The number of aliphatic hydroxyl groups is 1. The van der Waals surface area contributed by atoms with Crippen LogP contribution in [0.2, 0.25) is 5.02 Å². The first-order valence-corrected chi connectivity index (χ1v) is 7.93. The molecule has 2 aliphatic rings. The molecular formula is C15H18BrClO. The third-order valence-electron chi connectivity index (χ3n) is 4.73. The molecule has 2 fully saturated rings. The highest BCUT2D eigenvalue weighted by molar-refractivity contribution is 9.10. The maximum absolute atomic E-state index is 10.4. The second kappa shape index (κ2) is 5.15. The molecule has 1 aromatic carbocycles. The highest BCUT2D eigenvalue weighted by Crippen LogP contribution is 2.51. The summed E-state index contributed by atoms with van der Waals surface area (Å²) >= 11 is 9.59. The third kappa shape index (κ3) is 2.48. The normalized spacial score (nSPS) is 31.8. The van der Waals surface area contributed by atoms with Crippen molar-refractivity contribution in [2.24, 2.45) is 17.8 Å². The summed E-state index contributed by atoms with van der Waals surface area (Å²) in [6.07, 6.45) is 5.96. The monoisotopic (exact) mass is 328 g/mol. The summed E-state index contributed by atoms with van der Waals surface area (Å²) in [5.41, 5.74) is 0.877. The van der Waals surface area contributed by atoms with Crippen molar-refractivity contribution in [1.82, 2.24) is 0 Å². The number of rotatable bonds is 3. The van der Waals surface area contributed by atoms with Crippen molar-refractivity contribution in [2.75, 3.05) is 0 Å². The number of hydrogen-bond donors (Lipinski definition) is 1. The van der Waals surface area contributed by atoms with Gasteiger partial charge in [-0.2, -0.15) is 0 Å². The van der Waals surface area contributed by atoms with E-state index in [4.69, 9.17) is 11.6 Å². The van der Waals surface area contributed by atoms with Gasteiger partial charge in [-0.1, -0.05) is 40.0 Å². The molecule has 2 aliphatic carbocycles. The highest BCUT2D eigenvalue weighted by Gasteiger charge is 2.40. The standard InChI is InChI=1S/C15H18BrClO/c16-12-3-4-13(14(17)8-12)15(18)7-11-6-9-1-2-10(11)5-9/h3-4,8-11,15,18H,1-2,5-7H2. The summed E-state index contributed by atoms with van der Waals surface area (Å²) in [5.74, 6) is 2.50. The maximum atomic E-state index is 10.4. The maximum Gasteiger partial charge on any atom is 0.0807 e.